The third-order valence-corrected chi connectivity index (χ3v) is 5.03. The molecule has 2 nitrogen and oxygen atoms in total. The summed E-state index contributed by atoms with van der Waals surface area (Å²) in [6, 6.07) is 32.9. The number of anilines is 1. The van der Waals surface area contributed by atoms with Crippen LogP contribution in [0, 0.1) is 0 Å². The fourth-order valence-corrected chi connectivity index (χ4v) is 3.76. The highest BCUT2D eigenvalue weighted by molar-refractivity contribution is 5.46. The van der Waals surface area contributed by atoms with Crippen LogP contribution in [0.3, 0.4) is 0 Å². The molecule has 0 spiro atoms. The van der Waals surface area contributed by atoms with E-state index >= 15 is 0 Å². The molecule has 1 aliphatic rings. The minimum atomic E-state index is 0.334. The standard InChI is InChI=1S/C23H24N2/c1-4-10-20(11-5-1)23(21-12-6-2-7-13-21)25-18-16-24(17-19-25)22-14-8-3-9-15-22/h1-15,23H,16-19H2. The Labute approximate surface area is 150 Å². The highest BCUT2D eigenvalue weighted by atomic mass is 15.3. The number of piperazine rings is 1. The summed E-state index contributed by atoms with van der Waals surface area (Å²) >= 11 is 0. The third-order valence-electron chi connectivity index (χ3n) is 5.03. The first-order chi connectivity index (χ1) is 12.4. The lowest BCUT2D eigenvalue weighted by Gasteiger charge is -2.40. The van der Waals surface area contributed by atoms with Gasteiger partial charge < -0.3 is 4.90 Å². The molecule has 2 heteroatoms. The molecular weight excluding hydrogens is 304 g/mol. The highest BCUT2D eigenvalue weighted by Gasteiger charge is 2.26. The summed E-state index contributed by atoms with van der Waals surface area (Å²) in [5.74, 6) is 0. The van der Waals surface area contributed by atoms with Gasteiger partial charge in [0.1, 0.15) is 0 Å². The van der Waals surface area contributed by atoms with Crippen molar-refractivity contribution in [3.05, 3.63) is 102 Å². The maximum Gasteiger partial charge on any atom is 0.0603 e. The van der Waals surface area contributed by atoms with Crippen LogP contribution in [0.15, 0.2) is 91.0 Å². The number of para-hydroxylation sites is 1. The Hall–Kier alpha value is -2.58. The molecule has 3 aromatic rings. The largest absolute Gasteiger partial charge is 0.369 e. The Morgan fingerprint density at radius 3 is 1.44 bits per heavy atom. The topological polar surface area (TPSA) is 6.48 Å². The van der Waals surface area contributed by atoms with E-state index in [-0.39, 0.29) is 0 Å². The average Bonchev–Trinajstić information content (AvgIpc) is 2.71. The second kappa shape index (κ2) is 7.54. The fourth-order valence-electron chi connectivity index (χ4n) is 3.76. The molecular formula is C23H24N2. The molecule has 1 saturated heterocycles. The number of nitrogens with zero attached hydrogens (tertiary/aromatic N) is 2. The Morgan fingerprint density at radius 2 is 0.960 bits per heavy atom. The lowest BCUT2D eigenvalue weighted by Crippen LogP contribution is -2.47. The van der Waals surface area contributed by atoms with Crippen molar-refractivity contribution in [3.8, 4) is 0 Å². The van der Waals surface area contributed by atoms with Crippen LogP contribution in [0.5, 0.6) is 0 Å². The van der Waals surface area contributed by atoms with Crippen LogP contribution in [0.1, 0.15) is 17.2 Å². The van der Waals surface area contributed by atoms with Crippen molar-refractivity contribution in [2.75, 3.05) is 31.1 Å². The smallest absolute Gasteiger partial charge is 0.0603 e. The number of rotatable bonds is 4. The molecule has 0 unspecified atom stereocenters. The van der Waals surface area contributed by atoms with Gasteiger partial charge in [0.05, 0.1) is 6.04 Å². The van der Waals surface area contributed by atoms with Gasteiger partial charge in [0, 0.05) is 31.9 Å². The zero-order chi connectivity index (χ0) is 16.9. The molecule has 3 aromatic carbocycles. The summed E-state index contributed by atoms with van der Waals surface area (Å²) in [4.78, 5) is 5.10. The molecule has 25 heavy (non-hydrogen) atoms. The predicted molar refractivity (Wildman–Crippen MR) is 105 cm³/mol. The molecule has 0 saturated carbocycles. The van der Waals surface area contributed by atoms with Crippen molar-refractivity contribution in [2.24, 2.45) is 0 Å². The summed E-state index contributed by atoms with van der Waals surface area (Å²) in [5, 5.41) is 0. The molecule has 1 aliphatic heterocycles. The van der Waals surface area contributed by atoms with Gasteiger partial charge in [-0.05, 0) is 23.3 Å². The molecule has 0 aliphatic carbocycles. The van der Waals surface area contributed by atoms with E-state index < -0.39 is 0 Å². The first-order valence-electron chi connectivity index (χ1n) is 9.06. The van der Waals surface area contributed by atoms with Crippen LogP contribution in [0.2, 0.25) is 0 Å². The van der Waals surface area contributed by atoms with E-state index in [9.17, 15) is 0 Å². The molecule has 0 aromatic heterocycles. The van der Waals surface area contributed by atoms with Crippen LogP contribution in [0.25, 0.3) is 0 Å². The first-order valence-corrected chi connectivity index (χ1v) is 9.06. The van der Waals surface area contributed by atoms with Crippen molar-refractivity contribution in [2.45, 2.75) is 6.04 Å². The van der Waals surface area contributed by atoms with Gasteiger partial charge in [-0.2, -0.15) is 0 Å². The van der Waals surface area contributed by atoms with Gasteiger partial charge in [-0.25, -0.2) is 0 Å². The predicted octanol–water partition coefficient (Wildman–Crippen LogP) is 4.60. The second-order valence-corrected chi connectivity index (χ2v) is 6.58. The monoisotopic (exact) mass is 328 g/mol. The van der Waals surface area contributed by atoms with E-state index in [2.05, 4.69) is 101 Å². The zero-order valence-corrected chi connectivity index (χ0v) is 14.5. The molecule has 4 rings (SSSR count). The summed E-state index contributed by atoms with van der Waals surface area (Å²) in [5.41, 5.74) is 4.09. The zero-order valence-electron chi connectivity index (χ0n) is 14.5. The summed E-state index contributed by atoms with van der Waals surface area (Å²) in [7, 11) is 0. The van der Waals surface area contributed by atoms with Gasteiger partial charge >= 0.3 is 0 Å². The van der Waals surface area contributed by atoms with Crippen LogP contribution >= 0.6 is 0 Å². The van der Waals surface area contributed by atoms with Crippen molar-refractivity contribution in [1.82, 2.24) is 4.90 Å². The van der Waals surface area contributed by atoms with Gasteiger partial charge in [-0.3, -0.25) is 4.90 Å². The number of hydrogen-bond acceptors (Lipinski definition) is 2. The lowest BCUT2D eigenvalue weighted by molar-refractivity contribution is 0.212. The third kappa shape index (κ3) is 3.59. The fraction of sp³-hybridized carbons (Fsp3) is 0.217. The molecule has 1 heterocycles. The maximum absolute atomic E-state index is 2.62. The highest BCUT2D eigenvalue weighted by Crippen LogP contribution is 2.30. The van der Waals surface area contributed by atoms with E-state index in [0.29, 0.717) is 6.04 Å². The van der Waals surface area contributed by atoms with Crippen molar-refractivity contribution in [3.63, 3.8) is 0 Å². The lowest BCUT2D eigenvalue weighted by atomic mass is 9.96. The van der Waals surface area contributed by atoms with Crippen LogP contribution in [-0.2, 0) is 0 Å². The Balaban J connectivity index is 1.55. The van der Waals surface area contributed by atoms with Gasteiger partial charge in [-0.15, -0.1) is 0 Å². The molecule has 0 N–H and O–H groups in total. The maximum atomic E-state index is 2.62. The molecule has 0 amide bonds. The number of benzene rings is 3. The summed E-state index contributed by atoms with van der Waals surface area (Å²) in [6.45, 7) is 4.28. The van der Waals surface area contributed by atoms with Crippen LogP contribution < -0.4 is 4.90 Å². The Kier molecular flexibility index (Phi) is 4.80. The van der Waals surface area contributed by atoms with Gasteiger partial charge in [0.2, 0.25) is 0 Å². The summed E-state index contributed by atoms with van der Waals surface area (Å²) in [6.07, 6.45) is 0. The Morgan fingerprint density at radius 1 is 0.520 bits per heavy atom. The normalized spacial score (nSPS) is 15.5. The number of hydrogen-bond donors (Lipinski definition) is 0. The van der Waals surface area contributed by atoms with E-state index in [1.54, 1.807) is 0 Å². The van der Waals surface area contributed by atoms with E-state index in [1.165, 1.54) is 16.8 Å². The minimum Gasteiger partial charge on any atom is -0.369 e. The van der Waals surface area contributed by atoms with E-state index in [0.717, 1.165) is 26.2 Å². The molecule has 0 radical (unpaired) electrons. The average molecular weight is 328 g/mol. The van der Waals surface area contributed by atoms with Crippen molar-refractivity contribution in [1.29, 1.82) is 0 Å². The first kappa shape index (κ1) is 15.9. The van der Waals surface area contributed by atoms with Crippen molar-refractivity contribution < 1.29 is 0 Å². The molecule has 0 bridgehead atoms. The SMILES string of the molecule is c1ccc(C(c2ccccc2)N2CCN(c3ccccc3)CC2)cc1. The second-order valence-electron chi connectivity index (χ2n) is 6.58. The minimum absolute atomic E-state index is 0.334. The van der Waals surface area contributed by atoms with Gasteiger partial charge in [-0.1, -0.05) is 78.9 Å². The van der Waals surface area contributed by atoms with Crippen molar-refractivity contribution >= 4 is 5.69 Å². The van der Waals surface area contributed by atoms with Crippen LogP contribution in [0.4, 0.5) is 5.69 Å². The molecule has 0 atom stereocenters. The van der Waals surface area contributed by atoms with Gasteiger partial charge in [0.15, 0.2) is 0 Å². The quantitative estimate of drug-likeness (QED) is 0.691. The van der Waals surface area contributed by atoms with Gasteiger partial charge in [0.25, 0.3) is 0 Å². The Bertz CT molecular complexity index is 723. The molecule has 126 valence electrons. The van der Waals surface area contributed by atoms with Crippen LogP contribution in [-0.4, -0.2) is 31.1 Å². The summed E-state index contributed by atoms with van der Waals surface area (Å²) < 4.78 is 0. The van der Waals surface area contributed by atoms with E-state index in [1.807, 2.05) is 0 Å². The molecule has 1 fully saturated rings. The van der Waals surface area contributed by atoms with E-state index in [4.69, 9.17) is 0 Å².